The Morgan fingerprint density at radius 3 is 1.07 bits per heavy atom. The van der Waals surface area contributed by atoms with Gasteiger partial charge in [-0.05, 0) is 17.7 Å². The van der Waals surface area contributed by atoms with E-state index in [0.717, 1.165) is 0 Å². The summed E-state index contributed by atoms with van der Waals surface area (Å²) in [5.41, 5.74) is -0.177. The first-order valence-corrected chi connectivity index (χ1v) is 5.67. The number of hydrogen-bond acceptors (Lipinski definition) is 2. The Morgan fingerprint density at radius 1 is 0.786 bits per heavy atom. The summed E-state index contributed by atoms with van der Waals surface area (Å²) in [6.45, 7) is 11.9. The molecule has 1 unspecified atom stereocenters. The zero-order chi connectivity index (χ0) is 12.0. The highest BCUT2D eigenvalue weighted by Gasteiger charge is 2.53. The van der Waals surface area contributed by atoms with Crippen LogP contribution in [0.1, 0.15) is 41.5 Å². The molecular weight excluding hydrogens is 206 g/mol. The molecule has 0 heterocycles. The maximum atomic E-state index is 6.45. The second-order valence-electron chi connectivity index (χ2n) is 5.80. The zero-order valence-electron chi connectivity index (χ0n) is 10.0. The normalized spacial score (nSPS) is 19.1. The Labute approximate surface area is 103 Å². The fourth-order valence-electron chi connectivity index (χ4n) is 2.29. The van der Waals surface area contributed by atoms with Crippen LogP contribution in [0.25, 0.3) is 0 Å². The average Bonchev–Trinajstić information content (AvgIpc) is 1.77. The van der Waals surface area contributed by atoms with Crippen molar-refractivity contribution in [3.63, 3.8) is 0 Å². The van der Waals surface area contributed by atoms with E-state index in [1.54, 1.807) is 0 Å². The number of thiol groups is 2. The lowest BCUT2D eigenvalue weighted by atomic mass is 9.37. The second kappa shape index (κ2) is 3.69. The fraction of sp³-hybridized carbons (Fsp3) is 1.00. The Morgan fingerprint density at radius 2 is 1.07 bits per heavy atom. The Balaban J connectivity index is 5.54. The van der Waals surface area contributed by atoms with E-state index in [4.69, 9.17) is 15.7 Å². The molecule has 0 aromatic rings. The van der Waals surface area contributed by atoms with Crippen molar-refractivity contribution in [2.24, 2.45) is 5.41 Å². The quantitative estimate of drug-likeness (QED) is 0.402. The summed E-state index contributed by atoms with van der Waals surface area (Å²) in [5.74, 6) is 0. The van der Waals surface area contributed by atoms with Crippen LogP contribution in [0, 0.1) is 5.41 Å². The minimum Gasteiger partial charge on any atom is -0.162 e. The molecule has 78 valence electrons. The molecule has 0 bridgehead atoms. The molecule has 0 aliphatic rings. The molecule has 4 radical (unpaired) electrons. The van der Waals surface area contributed by atoms with Gasteiger partial charge in [-0.25, -0.2) is 0 Å². The Bertz CT molecular complexity index is 170. The molecule has 0 fully saturated rings. The minimum absolute atomic E-state index is 0.177. The van der Waals surface area contributed by atoms with E-state index < -0.39 is 14.7 Å². The third-order valence-electron chi connectivity index (χ3n) is 2.95. The van der Waals surface area contributed by atoms with Crippen LogP contribution in [-0.4, -0.2) is 19.8 Å². The minimum atomic E-state index is -0.681. The van der Waals surface area contributed by atoms with Crippen molar-refractivity contribution >= 4 is 41.0 Å². The molecule has 0 aliphatic heterocycles. The van der Waals surface area contributed by atoms with Gasteiger partial charge in [0.25, 0.3) is 0 Å². The number of hydrogen-bond donors (Lipinski definition) is 2. The summed E-state index contributed by atoms with van der Waals surface area (Å²) in [5, 5.41) is -1.23. The fourth-order valence-corrected chi connectivity index (χ4v) is 3.53. The lowest BCUT2D eigenvalue weighted by Gasteiger charge is -2.59. The van der Waals surface area contributed by atoms with Crippen LogP contribution in [0.4, 0.5) is 0 Å². The van der Waals surface area contributed by atoms with Gasteiger partial charge in [0.1, 0.15) is 0 Å². The molecule has 14 heavy (non-hydrogen) atoms. The van der Waals surface area contributed by atoms with Crippen molar-refractivity contribution in [1.29, 1.82) is 0 Å². The van der Waals surface area contributed by atoms with Crippen molar-refractivity contribution < 1.29 is 0 Å². The molecule has 0 nitrogen and oxygen atoms in total. The van der Waals surface area contributed by atoms with Crippen molar-refractivity contribution in [2.75, 3.05) is 0 Å². The first-order chi connectivity index (χ1) is 5.75. The van der Waals surface area contributed by atoms with E-state index in [1.165, 1.54) is 0 Å². The molecule has 0 spiro atoms. The first kappa shape index (κ1) is 14.8. The predicted octanol–water partition coefficient (Wildman–Crippen LogP) is 3.30. The van der Waals surface area contributed by atoms with Crippen molar-refractivity contribution in [3.8, 4) is 0 Å². The van der Waals surface area contributed by atoms with Gasteiger partial charge in [-0.1, -0.05) is 39.9 Å². The summed E-state index contributed by atoms with van der Waals surface area (Å²) in [7, 11) is 12.6. The van der Waals surface area contributed by atoms with E-state index in [0.29, 0.717) is 0 Å². The summed E-state index contributed by atoms with van der Waals surface area (Å²) in [4.78, 5) is 0. The lowest BCUT2D eigenvalue weighted by molar-refractivity contribution is 0.201. The largest absolute Gasteiger partial charge is 0.162 e. The predicted molar refractivity (Wildman–Crippen MR) is 74.1 cm³/mol. The van der Waals surface area contributed by atoms with Gasteiger partial charge in [-0.3, -0.25) is 0 Å². The molecule has 0 aliphatic carbocycles. The summed E-state index contributed by atoms with van der Waals surface area (Å²) < 4.78 is -0.635. The van der Waals surface area contributed by atoms with Crippen LogP contribution >= 0.6 is 25.3 Å². The highest BCUT2D eigenvalue weighted by molar-refractivity contribution is 8.00. The van der Waals surface area contributed by atoms with Crippen molar-refractivity contribution in [3.05, 3.63) is 0 Å². The maximum Gasteiger partial charge on any atom is 0.0780 e. The van der Waals surface area contributed by atoms with Gasteiger partial charge in [0, 0.05) is 0 Å². The van der Waals surface area contributed by atoms with Crippen LogP contribution in [-0.2, 0) is 0 Å². The van der Waals surface area contributed by atoms with Gasteiger partial charge >= 0.3 is 0 Å². The standard InChI is InChI=1S/C10H20B2S2/c1-7(2,3)10(12,8(4,5)11)9(6,13)14/h13-14H,1-6H3. The summed E-state index contributed by atoms with van der Waals surface area (Å²) >= 11 is 8.96. The lowest BCUT2D eigenvalue weighted by Crippen LogP contribution is -2.48. The zero-order valence-corrected chi connectivity index (χ0v) is 11.8. The molecule has 0 rings (SSSR count). The molecule has 4 heteroatoms. The molecule has 0 N–H and O–H groups in total. The molecule has 0 saturated heterocycles. The highest BCUT2D eigenvalue weighted by Crippen LogP contribution is 2.67. The second-order valence-corrected chi connectivity index (χ2v) is 7.94. The van der Waals surface area contributed by atoms with E-state index in [1.807, 2.05) is 20.8 Å². The smallest absolute Gasteiger partial charge is 0.0780 e. The molecule has 0 saturated carbocycles. The van der Waals surface area contributed by atoms with Gasteiger partial charge in [0.15, 0.2) is 0 Å². The number of rotatable bonds is 2. The summed E-state index contributed by atoms with van der Waals surface area (Å²) in [6.07, 6.45) is 0. The average molecular weight is 226 g/mol. The van der Waals surface area contributed by atoms with Crippen LogP contribution in [0.2, 0.25) is 10.6 Å². The van der Waals surface area contributed by atoms with E-state index >= 15 is 0 Å². The topological polar surface area (TPSA) is 0 Å². The van der Waals surface area contributed by atoms with Crippen molar-refractivity contribution in [1.82, 2.24) is 0 Å². The van der Waals surface area contributed by atoms with Crippen molar-refractivity contribution in [2.45, 2.75) is 56.3 Å². The Hall–Kier alpha value is 0.830. The van der Waals surface area contributed by atoms with Gasteiger partial charge < -0.3 is 0 Å². The van der Waals surface area contributed by atoms with Crippen LogP contribution in [0.3, 0.4) is 0 Å². The first-order valence-electron chi connectivity index (χ1n) is 4.77. The summed E-state index contributed by atoms with van der Waals surface area (Å²) in [6, 6.07) is 0. The van der Waals surface area contributed by atoms with E-state index in [2.05, 4.69) is 46.0 Å². The van der Waals surface area contributed by atoms with Gasteiger partial charge in [-0.2, -0.15) is 25.3 Å². The molecule has 0 aromatic carbocycles. The highest BCUT2D eigenvalue weighted by atomic mass is 32.2. The molecule has 1 atom stereocenters. The van der Waals surface area contributed by atoms with Gasteiger partial charge in [-0.15, -0.1) is 0 Å². The van der Waals surface area contributed by atoms with E-state index in [9.17, 15) is 0 Å². The third-order valence-corrected chi connectivity index (χ3v) is 3.65. The molecular formula is C10H20B2S2. The monoisotopic (exact) mass is 226 g/mol. The maximum absolute atomic E-state index is 6.45. The third kappa shape index (κ3) is 2.32. The van der Waals surface area contributed by atoms with Crippen LogP contribution in [0.15, 0.2) is 0 Å². The van der Waals surface area contributed by atoms with Crippen LogP contribution in [0.5, 0.6) is 0 Å². The SMILES string of the molecule is [B]C(C)(C)C([B])(C(C)(C)C)C(C)(S)S. The molecule has 0 aromatic heterocycles. The van der Waals surface area contributed by atoms with Gasteiger partial charge in [0.2, 0.25) is 0 Å². The Kier molecular flexibility index (Phi) is 3.91. The van der Waals surface area contributed by atoms with E-state index in [-0.39, 0.29) is 5.41 Å². The molecule has 0 amide bonds. The van der Waals surface area contributed by atoms with Gasteiger partial charge in [0.05, 0.1) is 19.8 Å². The van der Waals surface area contributed by atoms with Crippen LogP contribution < -0.4 is 0 Å².